The molecule has 3 heterocycles. The van der Waals surface area contributed by atoms with Crippen LogP contribution in [-0.4, -0.2) is 14.8 Å². The highest BCUT2D eigenvalue weighted by atomic mass is 15.4. The molecule has 4 nitrogen and oxygen atoms in total. The zero-order valence-corrected chi connectivity index (χ0v) is 12.7. The van der Waals surface area contributed by atoms with Crippen molar-refractivity contribution in [1.82, 2.24) is 14.8 Å². The van der Waals surface area contributed by atoms with Crippen LogP contribution in [0, 0.1) is 6.92 Å². The molecule has 0 bridgehead atoms. The highest BCUT2D eigenvalue weighted by Gasteiger charge is 2.27. The number of aromatic nitrogens is 3. The van der Waals surface area contributed by atoms with Crippen LogP contribution in [0.1, 0.15) is 17.4 Å². The van der Waals surface area contributed by atoms with Crippen molar-refractivity contribution in [3.8, 4) is 11.3 Å². The highest BCUT2D eigenvalue weighted by molar-refractivity contribution is 5.86. The molecule has 0 saturated carbocycles. The third-order valence-electron chi connectivity index (χ3n) is 4.51. The molecule has 1 aliphatic heterocycles. The van der Waals surface area contributed by atoms with Crippen molar-refractivity contribution < 1.29 is 0 Å². The molecule has 2 aromatic carbocycles. The molecule has 0 saturated heterocycles. The minimum Gasteiger partial charge on any atom is -0.361 e. The van der Waals surface area contributed by atoms with Crippen LogP contribution >= 0.6 is 0 Å². The molecule has 0 fully saturated rings. The SMILES string of the molecule is Cc1cc2n(n1)C(c1c[nH]c3ccccc13)Nc1ccccc1-2. The Morgan fingerprint density at radius 1 is 1.04 bits per heavy atom. The topological polar surface area (TPSA) is 45.6 Å². The number of nitrogens with zero attached hydrogens (tertiary/aromatic N) is 2. The van der Waals surface area contributed by atoms with Gasteiger partial charge in [0.2, 0.25) is 0 Å². The molecule has 0 radical (unpaired) electrons. The second kappa shape index (κ2) is 4.49. The summed E-state index contributed by atoms with van der Waals surface area (Å²) in [6.45, 7) is 2.04. The van der Waals surface area contributed by atoms with E-state index in [-0.39, 0.29) is 6.17 Å². The van der Waals surface area contributed by atoms with E-state index in [1.807, 2.05) is 6.92 Å². The second-order valence-corrected chi connectivity index (χ2v) is 6.00. The zero-order valence-electron chi connectivity index (χ0n) is 12.7. The maximum Gasteiger partial charge on any atom is 0.149 e. The average Bonchev–Trinajstić information content (AvgIpc) is 3.17. The van der Waals surface area contributed by atoms with Crippen LogP contribution in [0.4, 0.5) is 5.69 Å². The Hall–Kier alpha value is -3.01. The summed E-state index contributed by atoms with van der Waals surface area (Å²) in [5.41, 5.74) is 6.89. The quantitative estimate of drug-likeness (QED) is 0.550. The van der Waals surface area contributed by atoms with Crippen molar-refractivity contribution in [3.63, 3.8) is 0 Å². The number of aromatic amines is 1. The molecular weight excluding hydrogens is 284 g/mol. The molecule has 0 amide bonds. The fraction of sp³-hybridized carbons (Fsp3) is 0.105. The highest BCUT2D eigenvalue weighted by Crippen LogP contribution is 2.39. The minimum absolute atomic E-state index is 0.00949. The van der Waals surface area contributed by atoms with Gasteiger partial charge in [0.1, 0.15) is 6.17 Å². The van der Waals surface area contributed by atoms with Gasteiger partial charge in [-0.2, -0.15) is 5.10 Å². The fourth-order valence-electron chi connectivity index (χ4n) is 3.49. The number of anilines is 1. The molecule has 4 aromatic rings. The monoisotopic (exact) mass is 300 g/mol. The number of para-hydroxylation sites is 2. The smallest absolute Gasteiger partial charge is 0.149 e. The first kappa shape index (κ1) is 12.5. The number of hydrogen-bond acceptors (Lipinski definition) is 2. The lowest BCUT2D eigenvalue weighted by Crippen LogP contribution is -2.25. The van der Waals surface area contributed by atoms with E-state index in [0.29, 0.717) is 0 Å². The van der Waals surface area contributed by atoms with Crippen molar-refractivity contribution >= 4 is 16.6 Å². The summed E-state index contributed by atoms with van der Waals surface area (Å²) in [4.78, 5) is 3.37. The lowest BCUT2D eigenvalue weighted by Gasteiger charge is -2.28. The first-order chi connectivity index (χ1) is 11.3. The minimum atomic E-state index is -0.00949. The Labute approximate surface area is 133 Å². The number of nitrogens with one attached hydrogen (secondary N) is 2. The molecule has 23 heavy (non-hydrogen) atoms. The van der Waals surface area contributed by atoms with Gasteiger partial charge in [-0.3, -0.25) is 0 Å². The number of H-pyrrole nitrogens is 1. The molecule has 5 rings (SSSR count). The number of benzene rings is 2. The largest absolute Gasteiger partial charge is 0.361 e. The van der Waals surface area contributed by atoms with E-state index in [4.69, 9.17) is 5.10 Å². The van der Waals surface area contributed by atoms with Gasteiger partial charge in [-0.25, -0.2) is 4.68 Å². The predicted molar refractivity (Wildman–Crippen MR) is 92.5 cm³/mol. The Balaban J connectivity index is 1.76. The van der Waals surface area contributed by atoms with Gasteiger partial charge in [-0.15, -0.1) is 0 Å². The van der Waals surface area contributed by atoms with E-state index in [9.17, 15) is 0 Å². The Morgan fingerprint density at radius 3 is 2.83 bits per heavy atom. The zero-order chi connectivity index (χ0) is 15.4. The van der Waals surface area contributed by atoms with E-state index >= 15 is 0 Å². The van der Waals surface area contributed by atoms with Gasteiger partial charge in [0.15, 0.2) is 0 Å². The molecule has 2 aromatic heterocycles. The van der Waals surface area contributed by atoms with Crippen molar-refractivity contribution in [1.29, 1.82) is 0 Å². The summed E-state index contributed by atoms with van der Waals surface area (Å²) in [6.07, 6.45) is 2.07. The summed E-state index contributed by atoms with van der Waals surface area (Å²) < 4.78 is 2.09. The molecule has 0 spiro atoms. The second-order valence-electron chi connectivity index (χ2n) is 6.00. The van der Waals surface area contributed by atoms with E-state index in [2.05, 4.69) is 75.8 Å². The normalized spacial score (nSPS) is 16.0. The van der Waals surface area contributed by atoms with Gasteiger partial charge < -0.3 is 10.3 Å². The standard InChI is InChI=1S/C19H16N4/c1-12-10-18-14-7-3-5-9-17(14)21-19(23(18)22-12)15-11-20-16-8-4-2-6-13(15)16/h2-11,19-21H,1H3. The maximum absolute atomic E-state index is 4.73. The summed E-state index contributed by atoms with van der Waals surface area (Å²) in [5, 5.41) is 9.60. The van der Waals surface area contributed by atoms with E-state index < -0.39 is 0 Å². The van der Waals surface area contributed by atoms with E-state index in [1.54, 1.807) is 0 Å². The Kier molecular flexibility index (Phi) is 2.45. The van der Waals surface area contributed by atoms with Crippen LogP contribution < -0.4 is 5.32 Å². The lowest BCUT2D eigenvalue weighted by molar-refractivity contribution is 0.574. The molecule has 4 heteroatoms. The first-order valence-corrected chi connectivity index (χ1v) is 7.79. The van der Waals surface area contributed by atoms with Crippen molar-refractivity contribution in [2.24, 2.45) is 0 Å². The van der Waals surface area contributed by atoms with Crippen molar-refractivity contribution in [2.75, 3.05) is 5.32 Å². The molecule has 1 unspecified atom stereocenters. The van der Waals surface area contributed by atoms with Crippen LogP contribution in [-0.2, 0) is 0 Å². The Morgan fingerprint density at radius 2 is 1.87 bits per heavy atom. The maximum atomic E-state index is 4.73. The molecule has 0 aliphatic carbocycles. The summed E-state index contributed by atoms with van der Waals surface area (Å²) in [5.74, 6) is 0. The van der Waals surface area contributed by atoms with Crippen LogP contribution in [0.2, 0.25) is 0 Å². The molecule has 1 aliphatic rings. The summed E-state index contributed by atoms with van der Waals surface area (Å²) in [7, 11) is 0. The van der Waals surface area contributed by atoms with Crippen molar-refractivity contribution in [2.45, 2.75) is 13.1 Å². The van der Waals surface area contributed by atoms with Gasteiger partial charge in [0.25, 0.3) is 0 Å². The fourth-order valence-corrected chi connectivity index (χ4v) is 3.49. The van der Waals surface area contributed by atoms with Crippen LogP contribution in [0.3, 0.4) is 0 Å². The molecule has 112 valence electrons. The summed E-state index contributed by atoms with van der Waals surface area (Å²) in [6, 6.07) is 18.9. The molecular formula is C19H16N4. The van der Waals surface area contributed by atoms with E-state index in [1.165, 1.54) is 16.5 Å². The van der Waals surface area contributed by atoms with Crippen LogP contribution in [0.5, 0.6) is 0 Å². The third-order valence-corrected chi connectivity index (χ3v) is 4.51. The van der Waals surface area contributed by atoms with Crippen LogP contribution in [0.15, 0.2) is 60.8 Å². The number of rotatable bonds is 1. The lowest BCUT2D eigenvalue weighted by atomic mass is 10.0. The van der Waals surface area contributed by atoms with Gasteiger partial charge in [-0.1, -0.05) is 36.4 Å². The number of hydrogen-bond donors (Lipinski definition) is 2. The third kappa shape index (κ3) is 1.75. The van der Waals surface area contributed by atoms with Crippen LogP contribution in [0.25, 0.3) is 22.2 Å². The average molecular weight is 300 g/mol. The van der Waals surface area contributed by atoms with E-state index in [0.717, 1.165) is 22.6 Å². The molecule has 2 N–H and O–H groups in total. The number of fused-ring (bicyclic) bond motifs is 4. The van der Waals surface area contributed by atoms with Gasteiger partial charge in [0, 0.05) is 33.9 Å². The van der Waals surface area contributed by atoms with Gasteiger partial charge >= 0.3 is 0 Å². The van der Waals surface area contributed by atoms with Crippen molar-refractivity contribution in [3.05, 3.63) is 72.1 Å². The number of aryl methyl sites for hydroxylation is 1. The van der Waals surface area contributed by atoms with Gasteiger partial charge in [-0.05, 0) is 25.1 Å². The van der Waals surface area contributed by atoms with Gasteiger partial charge in [0.05, 0.1) is 11.4 Å². The first-order valence-electron chi connectivity index (χ1n) is 7.79. The predicted octanol–water partition coefficient (Wildman–Crippen LogP) is 4.31. The summed E-state index contributed by atoms with van der Waals surface area (Å²) >= 11 is 0. The molecule has 1 atom stereocenters. The Bertz CT molecular complexity index is 1020.